The predicted molar refractivity (Wildman–Crippen MR) is 91.2 cm³/mol. The fourth-order valence-electron chi connectivity index (χ4n) is 2.61. The van der Waals surface area contributed by atoms with E-state index < -0.39 is 0 Å². The monoisotopic (exact) mass is 315 g/mol. The van der Waals surface area contributed by atoms with Crippen molar-refractivity contribution in [3.05, 3.63) is 81.3 Å². The minimum absolute atomic E-state index is 0.278. The topological polar surface area (TPSA) is 26.0 Å². The summed E-state index contributed by atoms with van der Waals surface area (Å²) >= 11 is 12.6. The average molecular weight is 316 g/mol. The lowest BCUT2D eigenvalue weighted by atomic mass is 9.94. The Bertz CT molecular complexity index is 811. The summed E-state index contributed by atoms with van der Waals surface area (Å²) < 4.78 is 0. The maximum absolute atomic E-state index is 6.46. The van der Waals surface area contributed by atoms with Gasteiger partial charge in [0.25, 0.3) is 0 Å². The molecule has 0 aliphatic rings. The van der Waals surface area contributed by atoms with Gasteiger partial charge in [-0.25, -0.2) is 0 Å². The molecule has 3 aromatic rings. The summed E-state index contributed by atoms with van der Waals surface area (Å²) in [6.45, 7) is 2.01. The van der Waals surface area contributed by atoms with E-state index in [0.717, 1.165) is 32.5 Å². The number of hydrogen-bond acceptors (Lipinski definition) is 1. The number of fused-ring (bicyclic) bond motifs is 1. The van der Waals surface area contributed by atoms with Crippen LogP contribution in [0.5, 0.6) is 0 Å². The molecule has 3 rings (SSSR count). The van der Waals surface area contributed by atoms with Crippen molar-refractivity contribution in [3.8, 4) is 0 Å². The second kappa shape index (κ2) is 5.69. The fraction of sp³-hybridized carbons (Fsp3) is 0.111. The molecule has 3 aromatic carbocycles. The average Bonchev–Trinajstić information content (AvgIpc) is 2.47. The first-order chi connectivity index (χ1) is 10.1. The standard InChI is InChI=1S/C18H15Cl2N/c1-11-6-7-15(17(20)10-11)18(21)14-8-9-16(19)13-5-3-2-4-12(13)14/h2-10,18H,21H2,1H3. The zero-order valence-electron chi connectivity index (χ0n) is 11.6. The van der Waals surface area contributed by atoms with Crippen LogP contribution < -0.4 is 5.73 Å². The zero-order chi connectivity index (χ0) is 15.0. The molecule has 1 unspecified atom stereocenters. The highest BCUT2D eigenvalue weighted by Crippen LogP contribution is 2.34. The molecule has 0 aromatic heterocycles. The van der Waals surface area contributed by atoms with Gasteiger partial charge in [0, 0.05) is 15.4 Å². The molecule has 0 spiro atoms. The fourth-order valence-corrected chi connectivity index (χ4v) is 3.19. The molecule has 0 amide bonds. The van der Waals surface area contributed by atoms with Crippen molar-refractivity contribution in [2.24, 2.45) is 5.73 Å². The number of benzene rings is 3. The summed E-state index contributed by atoms with van der Waals surface area (Å²) in [6.07, 6.45) is 0. The Morgan fingerprint density at radius 2 is 1.48 bits per heavy atom. The summed E-state index contributed by atoms with van der Waals surface area (Å²) in [5, 5.41) is 3.50. The zero-order valence-corrected chi connectivity index (χ0v) is 13.1. The molecular weight excluding hydrogens is 301 g/mol. The van der Waals surface area contributed by atoms with Crippen LogP contribution in [0.15, 0.2) is 54.6 Å². The number of rotatable bonds is 2. The van der Waals surface area contributed by atoms with Crippen molar-refractivity contribution >= 4 is 34.0 Å². The van der Waals surface area contributed by atoms with Crippen molar-refractivity contribution in [3.63, 3.8) is 0 Å². The molecular formula is C18H15Cl2N. The van der Waals surface area contributed by atoms with Crippen molar-refractivity contribution in [1.82, 2.24) is 0 Å². The van der Waals surface area contributed by atoms with Gasteiger partial charge < -0.3 is 5.73 Å². The summed E-state index contributed by atoms with van der Waals surface area (Å²) in [5.41, 5.74) is 9.53. The lowest BCUT2D eigenvalue weighted by Crippen LogP contribution is -2.13. The number of halogens is 2. The molecule has 0 aliphatic heterocycles. The Kier molecular flexibility index (Phi) is 3.90. The van der Waals surface area contributed by atoms with Crippen LogP contribution in [-0.4, -0.2) is 0 Å². The Balaban J connectivity index is 2.18. The van der Waals surface area contributed by atoms with Gasteiger partial charge in [0.1, 0.15) is 0 Å². The molecule has 2 N–H and O–H groups in total. The largest absolute Gasteiger partial charge is 0.320 e. The molecule has 106 valence electrons. The van der Waals surface area contributed by atoms with E-state index in [1.54, 1.807) is 0 Å². The van der Waals surface area contributed by atoms with E-state index in [2.05, 4.69) is 0 Å². The van der Waals surface area contributed by atoms with Crippen molar-refractivity contribution in [2.75, 3.05) is 0 Å². The molecule has 21 heavy (non-hydrogen) atoms. The number of hydrogen-bond donors (Lipinski definition) is 1. The number of nitrogens with two attached hydrogens (primary N) is 1. The Morgan fingerprint density at radius 3 is 2.19 bits per heavy atom. The second-order valence-corrected chi connectivity index (χ2v) is 6.00. The highest BCUT2D eigenvalue weighted by atomic mass is 35.5. The van der Waals surface area contributed by atoms with E-state index in [1.165, 1.54) is 0 Å². The van der Waals surface area contributed by atoms with Crippen LogP contribution in [0, 0.1) is 6.92 Å². The lowest BCUT2D eigenvalue weighted by Gasteiger charge is -2.17. The Morgan fingerprint density at radius 1 is 0.810 bits per heavy atom. The van der Waals surface area contributed by atoms with Crippen LogP contribution >= 0.6 is 23.2 Å². The Labute approximate surface area is 134 Å². The molecule has 0 radical (unpaired) electrons. The minimum atomic E-state index is -0.278. The molecule has 3 heteroatoms. The molecule has 0 saturated heterocycles. The maximum Gasteiger partial charge on any atom is 0.0572 e. The molecule has 0 fully saturated rings. The van der Waals surface area contributed by atoms with Crippen molar-refractivity contribution in [2.45, 2.75) is 13.0 Å². The first kappa shape index (κ1) is 14.4. The van der Waals surface area contributed by atoms with Crippen LogP contribution in [-0.2, 0) is 0 Å². The second-order valence-electron chi connectivity index (χ2n) is 5.18. The number of aryl methyl sites for hydroxylation is 1. The predicted octanol–water partition coefficient (Wildman–Crippen LogP) is 5.50. The molecule has 0 heterocycles. The van der Waals surface area contributed by atoms with Gasteiger partial charge in [-0.05, 0) is 41.1 Å². The summed E-state index contributed by atoms with van der Waals surface area (Å²) in [4.78, 5) is 0. The molecule has 0 bridgehead atoms. The smallest absolute Gasteiger partial charge is 0.0572 e. The summed E-state index contributed by atoms with van der Waals surface area (Å²) in [7, 11) is 0. The Hall–Kier alpha value is -1.54. The first-order valence-corrected chi connectivity index (χ1v) is 7.52. The third kappa shape index (κ3) is 2.65. The van der Waals surface area contributed by atoms with E-state index in [1.807, 2.05) is 61.5 Å². The van der Waals surface area contributed by atoms with Gasteiger partial charge in [0.2, 0.25) is 0 Å². The third-order valence-electron chi connectivity index (χ3n) is 3.73. The van der Waals surface area contributed by atoms with Gasteiger partial charge in [-0.2, -0.15) is 0 Å². The maximum atomic E-state index is 6.46. The van der Waals surface area contributed by atoms with Gasteiger partial charge >= 0.3 is 0 Å². The van der Waals surface area contributed by atoms with Gasteiger partial charge in [0.05, 0.1) is 6.04 Å². The van der Waals surface area contributed by atoms with Crippen LogP contribution in [0.2, 0.25) is 10.0 Å². The third-order valence-corrected chi connectivity index (χ3v) is 4.39. The van der Waals surface area contributed by atoms with Gasteiger partial charge in [0.15, 0.2) is 0 Å². The highest BCUT2D eigenvalue weighted by Gasteiger charge is 2.16. The first-order valence-electron chi connectivity index (χ1n) is 6.76. The van der Waals surface area contributed by atoms with Gasteiger partial charge in [-0.1, -0.05) is 65.7 Å². The van der Waals surface area contributed by atoms with Crippen LogP contribution in [0.25, 0.3) is 10.8 Å². The minimum Gasteiger partial charge on any atom is -0.320 e. The quantitative estimate of drug-likeness (QED) is 0.663. The van der Waals surface area contributed by atoms with E-state index in [4.69, 9.17) is 28.9 Å². The van der Waals surface area contributed by atoms with E-state index in [-0.39, 0.29) is 6.04 Å². The molecule has 0 aliphatic carbocycles. The van der Waals surface area contributed by atoms with Crippen LogP contribution in [0.1, 0.15) is 22.7 Å². The van der Waals surface area contributed by atoms with Gasteiger partial charge in [-0.15, -0.1) is 0 Å². The van der Waals surface area contributed by atoms with E-state index >= 15 is 0 Å². The van der Waals surface area contributed by atoms with E-state index in [9.17, 15) is 0 Å². The molecule has 1 nitrogen and oxygen atoms in total. The normalized spacial score (nSPS) is 12.6. The van der Waals surface area contributed by atoms with Crippen molar-refractivity contribution in [1.29, 1.82) is 0 Å². The summed E-state index contributed by atoms with van der Waals surface area (Å²) in [5.74, 6) is 0. The molecule has 1 atom stereocenters. The van der Waals surface area contributed by atoms with Crippen LogP contribution in [0.3, 0.4) is 0 Å². The SMILES string of the molecule is Cc1ccc(C(N)c2ccc(Cl)c3ccccc23)c(Cl)c1. The van der Waals surface area contributed by atoms with E-state index in [0.29, 0.717) is 5.02 Å². The summed E-state index contributed by atoms with van der Waals surface area (Å²) in [6, 6.07) is 17.6. The highest BCUT2D eigenvalue weighted by molar-refractivity contribution is 6.35. The lowest BCUT2D eigenvalue weighted by molar-refractivity contribution is 0.880. The van der Waals surface area contributed by atoms with Crippen molar-refractivity contribution < 1.29 is 0 Å². The van der Waals surface area contributed by atoms with Crippen LogP contribution in [0.4, 0.5) is 0 Å². The van der Waals surface area contributed by atoms with Gasteiger partial charge in [-0.3, -0.25) is 0 Å². The molecule has 0 saturated carbocycles.